The van der Waals surface area contributed by atoms with Crippen molar-refractivity contribution in [3.05, 3.63) is 71.9 Å². The first-order valence-electron chi connectivity index (χ1n) is 8.88. The molecule has 1 aliphatic heterocycles. The molecule has 3 aromatic rings. The summed E-state index contributed by atoms with van der Waals surface area (Å²) in [5, 5.41) is 7.15. The van der Waals surface area contributed by atoms with Crippen molar-refractivity contribution in [3.63, 3.8) is 0 Å². The Morgan fingerprint density at radius 1 is 1.22 bits per heavy atom. The average molecular weight is 366 g/mol. The molecule has 3 heterocycles. The van der Waals surface area contributed by atoms with Crippen LogP contribution in [0.3, 0.4) is 0 Å². The summed E-state index contributed by atoms with van der Waals surface area (Å²) in [4.78, 5) is 18.6. The molecule has 1 atom stereocenters. The zero-order valence-electron chi connectivity index (χ0n) is 14.6. The van der Waals surface area contributed by atoms with Gasteiger partial charge in [-0.3, -0.25) is 14.9 Å². The Morgan fingerprint density at radius 2 is 2.15 bits per heavy atom. The van der Waals surface area contributed by atoms with E-state index in [4.69, 9.17) is 4.74 Å². The van der Waals surface area contributed by atoms with Crippen LogP contribution in [0, 0.1) is 5.82 Å². The molecule has 0 spiro atoms. The Bertz CT molecular complexity index is 928. The number of likely N-dealkylation sites (tertiary alicyclic amines) is 1. The molecule has 0 saturated carbocycles. The molecule has 0 unspecified atom stereocenters. The molecular weight excluding hydrogens is 347 g/mol. The highest BCUT2D eigenvalue weighted by Gasteiger charge is 2.27. The lowest BCUT2D eigenvalue weighted by atomic mass is 9.94. The van der Waals surface area contributed by atoms with Crippen LogP contribution in [0.2, 0.25) is 0 Å². The van der Waals surface area contributed by atoms with Gasteiger partial charge in [0.25, 0.3) is 5.91 Å². The van der Waals surface area contributed by atoms with Gasteiger partial charge >= 0.3 is 0 Å². The number of aromatic amines is 1. The summed E-state index contributed by atoms with van der Waals surface area (Å²) in [7, 11) is 0. The Hall–Kier alpha value is -3.22. The Balaban J connectivity index is 1.44. The third kappa shape index (κ3) is 3.97. The number of pyridine rings is 1. The monoisotopic (exact) mass is 366 g/mol. The number of halogens is 1. The number of benzene rings is 1. The maximum absolute atomic E-state index is 13.3. The minimum Gasteiger partial charge on any atom is -0.437 e. The number of nitrogens with zero attached hydrogens (tertiary/aromatic N) is 3. The standard InChI is InChI=1S/C20H19FN4O2/c21-15-6-3-7-16(11-15)27-19-12-18(23-24-19)14-5-4-10-25(13-14)20(26)17-8-1-2-9-22-17/h1-3,6-9,11-12,14H,4-5,10,13H2,(H,23,24)/t14-/m0/s1. The smallest absolute Gasteiger partial charge is 0.272 e. The number of piperidine rings is 1. The molecule has 4 rings (SSSR count). The SMILES string of the molecule is O=C(c1ccccn1)N1CCC[C@H](c2cc(Oc3cccc(F)c3)n[nH]2)C1. The maximum Gasteiger partial charge on any atom is 0.272 e. The summed E-state index contributed by atoms with van der Waals surface area (Å²) < 4.78 is 18.9. The minimum atomic E-state index is -0.362. The molecule has 1 aliphatic rings. The van der Waals surface area contributed by atoms with E-state index in [1.165, 1.54) is 12.1 Å². The fourth-order valence-corrected chi connectivity index (χ4v) is 3.30. The zero-order valence-corrected chi connectivity index (χ0v) is 14.6. The lowest BCUT2D eigenvalue weighted by Gasteiger charge is -2.31. The van der Waals surface area contributed by atoms with Crippen molar-refractivity contribution in [1.29, 1.82) is 0 Å². The highest BCUT2D eigenvalue weighted by atomic mass is 19.1. The fourth-order valence-electron chi connectivity index (χ4n) is 3.30. The van der Waals surface area contributed by atoms with E-state index in [9.17, 15) is 9.18 Å². The van der Waals surface area contributed by atoms with E-state index in [0.717, 1.165) is 18.5 Å². The van der Waals surface area contributed by atoms with E-state index in [2.05, 4.69) is 15.2 Å². The minimum absolute atomic E-state index is 0.0592. The molecule has 1 saturated heterocycles. The first-order valence-corrected chi connectivity index (χ1v) is 8.88. The predicted octanol–water partition coefficient (Wildman–Crippen LogP) is 3.76. The van der Waals surface area contributed by atoms with Gasteiger partial charge in [-0.15, -0.1) is 5.10 Å². The Kier molecular flexibility index (Phi) is 4.82. The summed E-state index contributed by atoms with van der Waals surface area (Å²) in [5.74, 6) is 0.492. The predicted molar refractivity (Wildman–Crippen MR) is 97.2 cm³/mol. The first-order chi connectivity index (χ1) is 13.2. The molecule has 7 heteroatoms. The highest BCUT2D eigenvalue weighted by molar-refractivity contribution is 5.92. The first kappa shape index (κ1) is 17.2. The lowest BCUT2D eigenvalue weighted by molar-refractivity contribution is 0.0700. The van der Waals surface area contributed by atoms with Gasteiger partial charge in [-0.05, 0) is 37.1 Å². The number of aromatic nitrogens is 3. The molecule has 0 radical (unpaired) electrons. The molecule has 1 fully saturated rings. The molecule has 1 aromatic carbocycles. The molecule has 1 amide bonds. The van der Waals surface area contributed by atoms with Gasteiger partial charge in [0.2, 0.25) is 5.88 Å². The summed E-state index contributed by atoms with van der Waals surface area (Å²) in [6.45, 7) is 1.31. The van der Waals surface area contributed by atoms with Crippen LogP contribution in [0.25, 0.3) is 0 Å². The van der Waals surface area contributed by atoms with Crippen molar-refractivity contribution in [2.75, 3.05) is 13.1 Å². The van der Waals surface area contributed by atoms with Crippen molar-refractivity contribution in [2.24, 2.45) is 0 Å². The van der Waals surface area contributed by atoms with E-state index in [-0.39, 0.29) is 17.6 Å². The van der Waals surface area contributed by atoms with Crippen LogP contribution >= 0.6 is 0 Å². The number of ether oxygens (including phenoxy) is 1. The van der Waals surface area contributed by atoms with E-state index in [0.29, 0.717) is 30.4 Å². The van der Waals surface area contributed by atoms with Crippen LogP contribution < -0.4 is 4.74 Å². The molecule has 0 aliphatic carbocycles. The van der Waals surface area contributed by atoms with Crippen LogP contribution in [0.4, 0.5) is 4.39 Å². The molecule has 27 heavy (non-hydrogen) atoms. The molecular formula is C20H19FN4O2. The number of rotatable bonds is 4. The number of amides is 1. The summed E-state index contributed by atoms with van der Waals surface area (Å²) in [5.41, 5.74) is 1.36. The summed E-state index contributed by atoms with van der Waals surface area (Å²) in [6.07, 6.45) is 3.48. The Morgan fingerprint density at radius 3 is 2.96 bits per heavy atom. The lowest BCUT2D eigenvalue weighted by Crippen LogP contribution is -2.39. The summed E-state index contributed by atoms with van der Waals surface area (Å²) >= 11 is 0. The number of hydrogen-bond acceptors (Lipinski definition) is 4. The molecule has 6 nitrogen and oxygen atoms in total. The molecule has 2 aromatic heterocycles. The van der Waals surface area contributed by atoms with Gasteiger partial charge in [0, 0.05) is 43.0 Å². The number of hydrogen-bond donors (Lipinski definition) is 1. The molecule has 0 bridgehead atoms. The molecule has 1 N–H and O–H groups in total. The zero-order chi connectivity index (χ0) is 18.6. The van der Waals surface area contributed by atoms with Gasteiger partial charge in [-0.25, -0.2) is 4.39 Å². The Labute approximate surface area is 156 Å². The second kappa shape index (κ2) is 7.57. The van der Waals surface area contributed by atoms with Gasteiger partial charge < -0.3 is 9.64 Å². The quantitative estimate of drug-likeness (QED) is 0.763. The molecule has 138 valence electrons. The summed E-state index contributed by atoms with van der Waals surface area (Å²) in [6, 6.07) is 13.1. The van der Waals surface area contributed by atoms with Crippen molar-refractivity contribution in [1.82, 2.24) is 20.1 Å². The topological polar surface area (TPSA) is 71.1 Å². The number of carbonyl (C=O) groups is 1. The van der Waals surface area contributed by atoms with Crippen molar-refractivity contribution < 1.29 is 13.9 Å². The number of H-pyrrole nitrogens is 1. The van der Waals surface area contributed by atoms with Crippen LogP contribution in [0.1, 0.15) is 34.9 Å². The van der Waals surface area contributed by atoms with Crippen molar-refractivity contribution in [3.8, 4) is 11.6 Å². The number of carbonyl (C=O) groups excluding carboxylic acids is 1. The third-order valence-electron chi connectivity index (χ3n) is 4.63. The number of nitrogens with one attached hydrogen (secondary N) is 1. The normalized spacial score (nSPS) is 16.9. The van der Waals surface area contributed by atoms with Gasteiger partial charge in [-0.1, -0.05) is 12.1 Å². The van der Waals surface area contributed by atoms with Crippen LogP contribution in [0.5, 0.6) is 11.6 Å². The van der Waals surface area contributed by atoms with Crippen molar-refractivity contribution >= 4 is 5.91 Å². The van der Waals surface area contributed by atoms with Crippen LogP contribution in [-0.4, -0.2) is 39.1 Å². The fraction of sp³-hybridized carbons (Fsp3) is 0.250. The third-order valence-corrected chi connectivity index (χ3v) is 4.63. The van der Waals surface area contributed by atoms with Gasteiger partial charge in [0.1, 0.15) is 17.3 Å². The van der Waals surface area contributed by atoms with E-state index >= 15 is 0 Å². The van der Waals surface area contributed by atoms with Gasteiger partial charge in [0.05, 0.1) is 0 Å². The van der Waals surface area contributed by atoms with E-state index in [1.54, 1.807) is 30.5 Å². The highest BCUT2D eigenvalue weighted by Crippen LogP contribution is 2.29. The average Bonchev–Trinajstić information content (AvgIpc) is 3.17. The largest absolute Gasteiger partial charge is 0.437 e. The second-order valence-corrected chi connectivity index (χ2v) is 6.53. The van der Waals surface area contributed by atoms with Gasteiger partial charge in [0.15, 0.2) is 0 Å². The van der Waals surface area contributed by atoms with Crippen LogP contribution in [0.15, 0.2) is 54.7 Å². The van der Waals surface area contributed by atoms with Gasteiger partial charge in [-0.2, -0.15) is 0 Å². The van der Waals surface area contributed by atoms with Crippen molar-refractivity contribution in [2.45, 2.75) is 18.8 Å². The van der Waals surface area contributed by atoms with E-state index in [1.807, 2.05) is 17.0 Å². The van der Waals surface area contributed by atoms with Crippen LogP contribution in [-0.2, 0) is 0 Å². The maximum atomic E-state index is 13.3. The second-order valence-electron chi connectivity index (χ2n) is 6.53. The van der Waals surface area contributed by atoms with E-state index < -0.39 is 0 Å².